The SMILES string of the molecule is CCCCO[C@@H]1OC(CO[C@@H]2OC(CO[C@@H]3OC(CO[C@@H]4OC(CO[C@@H]5OC(CC)[C@@H](C)[C@H](C)C5C)[C@@H](C)[C@H](C)C4C)[C@@H](C)[C@H](C)C3C)[C@@H](C)[C@H](C)C2C)[C@@H](C)[C@H](C)C1C. The fourth-order valence-electron chi connectivity index (χ4n) is 10.7. The molecule has 0 saturated carbocycles. The van der Waals surface area contributed by atoms with Crippen LogP contribution in [0.15, 0.2) is 0 Å². The first kappa shape index (κ1) is 50.6. The summed E-state index contributed by atoms with van der Waals surface area (Å²) in [4.78, 5) is 0. The van der Waals surface area contributed by atoms with Gasteiger partial charge in [-0.1, -0.05) is 124 Å². The molecular formula is C50H92O10. The minimum absolute atomic E-state index is 0.0449. The second-order valence-corrected chi connectivity index (χ2v) is 21.1. The van der Waals surface area contributed by atoms with Crippen molar-refractivity contribution in [3.8, 4) is 0 Å². The third-order valence-corrected chi connectivity index (χ3v) is 17.8. The molecule has 5 aliphatic rings. The molecular weight excluding hydrogens is 761 g/mol. The molecule has 0 aromatic rings. The molecule has 25 atom stereocenters. The number of hydrogen-bond donors (Lipinski definition) is 0. The van der Waals surface area contributed by atoms with Gasteiger partial charge in [0.15, 0.2) is 31.5 Å². The quantitative estimate of drug-likeness (QED) is 0.132. The van der Waals surface area contributed by atoms with Gasteiger partial charge in [-0.05, 0) is 72.0 Å². The molecule has 0 N–H and O–H groups in total. The van der Waals surface area contributed by atoms with E-state index in [1.807, 2.05) is 0 Å². The van der Waals surface area contributed by atoms with Gasteiger partial charge >= 0.3 is 0 Å². The minimum atomic E-state index is -0.362. The third kappa shape index (κ3) is 11.5. The molecule has 0 aliphatic carbocycles. The van der Waals surface area contributed by atoms with Crippen LogP contribution in [0.3, 0.4) is 0 Å². The molecule has 5 fully saturated rings. The smallest absolute Gasteiger partial charge is 0.160 e. The van der Waals surface area contributed by atoms with Gasteiger partial charge in [-0.2, -0.15) is 0 Å². The third-order valence-electron chi connectivity index (χ3n) is 17.8. The largest absolute Gasteiger partial charge is 0.352 e. The van der Waals surface area contributed by atoms with E-state index < -0.39 is 0 Å². The molecule has 352 valence electrons. The highest BCUT2D eigenvalue weighted by Crippen LogP contribution is 2.42. The van der Waals surface area contributed by atoms with E-state index in [9.17, 15) is 0 Å². The first-order valence-corrected chi connectivity index (χ1v) is 24.8. The Morgan fingerprint density at radius 2 is 0.517 bits per heavy atom. The normalized spacial score (nSPS) is 50.5. The molecule has 0 spiro atoms. The van der Waals surface area contributed by atoms with Gasteiger partial charge in [0.05, 0.1) is 56.9 Å². The molecule has 5 rings (SSSR count). The first-order valence-electron chi connectivity index (χ1n) is 24.8. The Kier molecular flexibility index (Phi) is 19.1. The fraction of sp³-hybridized carbons (Fsp3) is 1.00. The second-order valence-electron chi connectivity index (χ2n) is 21.1. The van der Waals surface area contributed by atoms with E-state index in [4.69, 9.17) is 47.4 Å². The van der Waals surface area contributed by atoms with Crippen LogP contribution in [0.4, 0.5) is 0 Å². The van der Waals surface area contributed by atoms with E-state index in [1.165, 1.54) is 0 Å². The van der Waals surface area contributed by atoms with E-state index in [-0.39, 0.29) is 79.7 Å². The molecule has 5 heterocycles. The Labute approximate surface area is 367 Å². The molecule has 0 bridgehead atoms. The maximum Gasteiger partial charge on any atom is 0.160 e. The van der Waals surface area contributed by atoms with Crippen LogP contribution in [0.5, 0.6) is 0 Å². The lowest BCUT2D eigenvalue weighted by Gasteiger charge is -2.47. The summed E-state index contributed by atoms with van der Waals surface area (Å²) in [6.07, 6.45) is 1.56. The Bertz CT molecular complexity index is 1250. The fourth-order valence-corrected chi connectivity index (χ4v) is 10.7. The van der Waals surface area contributed by atoms with Crippen LogP contribution < -0.4 is 0 Å². The highest BCUT2D eigenvalue weighted by Gasteiger charge is 2.47. The lowest BCUT2D eigenvalue weighted by molar-refractivity contribution is -0.315. The van der Waals surface area contributed by atoms with Gasteiger partial charge in [0.25, 0.3) is 0 Å². The lowest BCUT2D eigenvalue weighted by atomic mass is 9.78. The summed E-state index contributed by atoms with van der Waals surface area (Å²) in [6.45, 7) is 41.3. The standard InChI is InChI=1S/C50H92O10/c1-18-20-21-51-46-36(13)27(4)32(9)42(57-46)22-53-48-38(15)29(6)34(11)44(59-48)24-55-50-40(17)30(7)35(12)45(60-50)25-54-49-39(16)28(5)33(10)43(58-49)23-52-47-37(14)26(3)31(8)41(19-2)56-47/h26-50H,18-25H2,1-17H3/t26-,27-,28-,29-,30-,31-,32-,33-,34-,35-,36?,37?,38?,39?,40?,41?,42?,43?,44?,45?,46+,47+,48+,49+,50+/m0/s1. The highest BCUT2D eigenvalue weighted by atomic mass is 16.7. The molecule has 5 saturated heterocycles. The van der Waals surface area contributed by atoms with Gasteiger partial charge in [0.2, 0.25) is 0 Å². The summed E-state index contributed by atoms with van der Waals surface area (Å²) < 4.78 is 66.1. The van der Waals surface area contributed by atoms with Crippen LogP contribution in [-0.2, 0) is 47.4 Å². The van der Waals surface area contributed by atoms with Crippen molar-refractivity contribution in [1.29, 1.82) is 0 Å². The lowest BCUT2D eigenvalue weighted by Crippen LogP contribution is -2.53. The monoisotopic (exact) mass is 853 g/mol. The van der Waals surface area contributed by atoms with E-state index in [0.29, 0.717) is 97.4 Å². The van der Waals surface area contributed by atoms with Crippen LogP contribution in [-0.4, -0.2) is 95.0 Å². The van der Waals surface area contributed by atoms with Gasteiger partial charge in [0.1, 0.15) is 0 Å². The molecule has 60 heavy (non-hydrogen) atoms. The van der Waals surface area contributed by atoms with E-state index in [1.54, 1.807) is 0 Å². The maximum atomic E-state index is 6.80. The summed E-state index contributed by atoms with van der Waals surface area (Å²) in [6, 6.07) is 0. The summed E-state index contributed by atoms with van der Waals surface area (Å²) >= 11 is 0. The Hall–Kier alpha value is -0.400. The van der Waals surface area contributed by atoms with Crippen LogP contribution in [0.1, 0.15) is 137 Å². The molecule has 10 heteroatoms. The summed E-state index contributed by atoms with van der Waals surface area (Å²) in [5.74, 6) is 5.35. The zero-order chi connectivity index (χ0) is 44.2. The summed E-state index contributed by atoms with van der Waals surface area (Å²) in [7, 11) is 0. The van der Waals surface area contributed by atoms with Crippen molar-refractivity contribution >= 4 is 0 Å². The number of rotatable bonds is 17. The molecule has 0 amide bonds. The number of hydrogen-bond acceptors (Lipinski definition) is 10. The topological polar surface area (TPSA) is 92.3 Å². The zero-order valence-electron chi connectivity index (χ0n) is 41.2. The predicted octanol–water partition coefficient (Wildman–Crippen LogP) is 10.4. The number of ether oxygens (including phenoxy) is 10. The van der Waals surface area contributed by atoms with Crippen molar-refractivity contribution in [2.75, 3.05) is 33.0 Å². The van der Waals surface area contributed by atoms with Gasteiger partial charge in [0, 0.05) is 36.2 Å². The van der Waals surface area contributed by atoms with Crippen molar-refractivity contribution in [3.05, 3.63) is 0 Å². The molecule has 0 radical (unpaired) electrons. The Morgan fingerprint density at radius 3 is 0.767 bits per heavy atom. The average Bonchev–Trinajstić information content (AvgIpc) is 3.23. The molecule has 10 unspecified atom stereocenters. The van der Waals surface area contributed by atoms with Crippen molar-refractivity contribution in [2.24, 2.45) is 88.8 Å². The first-order chi connectivity index (χ1) is 28.4. The minimum Gasteiger partial charge on any atom is -0.352 e. The average molecular weight is 853 g/mol. The predicted molar refractivity (Wildman–Crippen MR) is 236 cm³/mol. The molecule has 10 nitrogen and oxygen atoms in total. The summed E-state index contributed by atoms with van der Waals surface area (Å²) in [5, 5.41) is 0. The van der Waals surface area contributed by atoms with Gasteiger partial charge in [-0.3, -0.25) is 0 Å². The van der Waals surface area contributed by atoms with Crippen molar-refractivity contribution in [1.82, 2.24) is 0 Å². The van der Waals surface area contributed by atoms with Gasteiger partial charge < -0.3 is 47.4 Å². The maximum absolute atomic E-state index is 6.80. The van der Waals surface area contributed by atoms with Crippen LogP contribution in [0.25, 0.3) is 0 Å². The van der Waals surface area contributed by atoms with Gasteiger partial charge in [-0.25, -0.2) is 0 Å². The van der Waals surface area contributed by atoms with E-state index in [0.717, 1.165) is 25.9 Å². The van der Waals surface area contributed by atoms with Crippen LogP contribution in [0.2, 0.25) is 0 Å². The van der Waals surface area contributed by atoms with E-state index in [2.05, 4.69) is 118 Å². The molecule has 0 aromatic carbocycles. The highest BCUT2D eigenvalue weighted by molar-refractivity contribution is 4.89. The van der Waals surface area contributed by atoms with Crippen molar-refractivity contribution in [3.63, 3.8) is 0 Å². The summed E-state index contributed by atoms with van der Waals surface area (Å²) in [5.41, 5.74) is 0. The van der Waals surface area contributed by atoms with Crippen molar-refractivity contribution in [2.45, 2.75) is 199 Å². The number of unbranched alkanes of at least 4 members (excludes halogenated alkanes) is 1. The van der Waals surface area contributed by atoms with Crippen LogP contribution >= 0.6 is 0 Å². The molecule has 0 aromatic heterocycles. The Morgan fingerprint density at radius 1 is 0.283 bits per heavy atom. The Balaban J connectivity index is 1.14. The van der Waals surface area contributed by atoms with Gasteiger partial charge in [-0.15, -0.1) is 0 Å². The van der Waals surface area contributed by atoms with Crippen LogP contribution in [0, 0.1) is 88.8 Å². The molecule has 5 aliphatic heterocycles. The zero-order valence-corrected chi connectivity index (χ0v) is 41.2. The second kappa shape index (κ2) is 22.7. The van der Waals surface area contributed by atoms with Crippen molar-refractivity contribution < 1.29 is 47.4 Å². The van der Waals surface area contributed by atoms with E-state index >= 15 is 0 Å².